The molecule has 0 aliphatic heterocycles. The maximum Gasteiger partial charge on any atom is 0.673 e. The summed E-state index contributed by atoms with van der Waals surface area (Å²) in [7, 11) is -6.00. The molecule has 0 radical (unpaired) electrons. The zero-order chi connectivity index (χ0) is 20.8. The maximum atomic E-state index is 9.75. The molecule has 0 saturated carbocycles. The number of aromatic nitrogens is 2. The average Bonchev–Trinajstić information content (AvgIpc) is 2.95. The van der Waals surface area contributed by atoms with Gasteiger partial charge in [0.1, 0.15) is 23.5 Å². The number of hydrogen-bond donors (Lipinski definition) is 0. The SMILES string of the molecule is CCC(C)(CC(C)C)n1cc[n+](C(C)(CC)CC(C)C)c1.F[B-](F)(F)F. The standard InChI is InChI=1S/C19H37N2.BF4/c1-9-18(7,13-16(3)4)20-11-12-21(15-20)19(8,10-2)14-17(5)6;2-1(3,4)5/h11-12,15-17H,9-10,13-14H2,1-8H3;/q+1;-1. The Morgan fingerprint density at radius 1 is 0.923 bits per heavy atom. The Kier molecular flexibility index (Phi) is 9.41. The predicted octanol–water partition coefficient (Wildman–Crippen LogP) is 6.42. The van der Waals surface area contributed by atoms with Gasteiger partial charge in [-0.2, -0.15) is 0 Å². The third kappa shape index (κ3) is 8.59. The molecule has 0 saturated heterocycles. The van der Waals surface area contributed by atoms with Crippen LogP contribution in [0.15, 0.2) is 18.7 Å². The molecule has 1 rings (SSSR count). The summed E-state index contributed by atoms with van der Waals surface area (Å²) in [5, 5.41) is 0. The van der Waals surface area contributed by atoms with Crippen molar-refractivity contribution in [2.75, 3.05) is 0 Å². The number of imidazole rings is 1. The fourth-order valence-corrected chi connectivity index (χ4v) is 3.62. The molecule has 0 N–H and O–H groups in total. The normalized spacial score (nSPS) is 16.8. The summed E-state index contributed by atoms with van der Waals surface area (Å²) in [4.78, 5) is 0. The number of halogens is 4. The van der Waals surface area contributed by atoms with E-state index in [0.29, 0.717) is 0 Å². The van der Waals surface area contributed by atoms with Crippen LogP contribution in [-0.4, -0.2) is 11.8 Å². The van der Waals surface area contributed by atoms with Gasteiger partial charge in [0.05, 0.1) is 0 Å². The fraction of sp³-hybridized carbons (Fsp3) is 0.842. The van der Waals surface area contributed by atoms with Crippen molar-refractivity contribution in [1.82, 2.24) is 4.57 Å². The topological polar surface area (TPSA) is 8.81 Å². The first-order chi connectivity index (χ1) is 11.7. The van der Waals surface area contributed by atoms with Gasteiger partial charge in [0, 0.05) is 0 Å². The van der Waals surface area contributed by atoms with Crippen molar-refractivity contribution >= 4 is 7.25 Å². The van der Waals surface area contributed by atoms with Crippen LogP contribution in [0.5, 0.6) is 0 Å². The predicted molar refractivity (Wildman–Crippen MR) is 102 cm³/mol. The van der Waals surface area contributed by atoms with Gasteiger partial charge >= 0.3 is 7.25 Å². The third-order valence-electron chi connectivity index (χ3n) is 5.10. The van der Waals surface area contributed by atoms with E-state index in [-0.39, 0.29) is 11.1 Å². The minimum absolute atomic E-state index is 0.228. The Bertz CT molecular complexity index is 483. The van der Waals surface area contributed by atoms with Crippen LogP contribution >= 0.6 is 0 Å². The summed E-state index contributed by atoms with van der Waals surface area (Å²) >= 11 is 0. The molecule has 1 heterocycles. The van der Waals surface area contributed by atoms with Crippen LogP contribution in [0.3, 0.4) is 0 Å². The molecule has 0 amide bonds. The molecule has 26 heavy (non-hydrogen) atoms. The van der Waals surface area contributed by atoms with Crippen molar-refractivity contribution < 1.29 is 21.8 Å². The molecule has 2 atom stereocenters. The van der Waals surface area contributed by atoms with Crippen molar-refractivity contribution in [3.8, 4) is 0 Å². The van der Waals surface area contributed by atoms with E-state index in [1.165, 1.54) is 25.7 Å². The Labute approximate surface area is 157 Å². The third-order valence-corrected chi connectivity index (χ3v) is 5.10. The monoisotopic (exact) mass is 380 g/mol. The minimum atomic E-state index is -6.00. The highest BCUT2D eigenvalue weighted by Gasteiger charge is 2.35. The first-order valence-corrected chi connectivity index (χ1v) is 9.64. The van der Waals surface area contributed by atoms with Crippen molar-refractivity contribution in [3.05, 3.63) is 18.7 Å². The Balaban J connectivity index is 0.00000110. The van der Waals surface area contributed by atoms with Crippen LogP contribution in [0.1, 0.15) is 81.1 Å². The Morgan fingerprint density at radius 3 is 1.73 bits per heavy atom. The van der Waals surface area contributed by atoms with Crippen LogP contribution < -0.4 is 4.57 Å². The molecule has 154 valence electrons. The Hall–Kier alpha value is -1.01. The molecule has 7 heteroatoms. The molecule has 2 nitrogen and oxygen atoms in total. The summed E-state index contributed by atoms with van der Waals surface area (Å²) in [5.41, 5.74) is 0.456. The van der Waals surface area contributed by atoms with E-state index < -0.39 is 7.25 Å². The van der Waals surface area contributed by atoms with Crippen LogP contribution in [0, 0.1) is 11.8 Å². The Morgan fingerprint density at radius 2 is 1.38 bits per heavy atom. The summed E-state index contributed by atoms with van der Waals surface area (Å²) < 4.78 is 43.9. The van der Waals surface area contributed by atoms with Gasteiger partial charge in [-0.15, -0.1) is 0 Å². The van der Waals surface area contributed by atoms with E-state index in [4.69, 9.17) is 0 Å². The van der Waals surface area contributed by atoms with Crippen molar-refractivity contribution in [3.63, 3.8) is 0 Å². The van der Waals surface area contributed by atoms with Crippen molar-refractivity contribution in [2.24, 2.45) is 11.8 Å². The second-order valence-electron chi connectivity index (χ2n) is 8.62. The number of rotatable bonds is 8. The zero-order valence-corrected chi connectivity index (χ0v) is 17.7. The van der Waals surface area contributed by atoms with Crippen molar-refractivity contribution in [2.45, 2.75) is 92.2 Å². The highest BCUT2D eigenvalue weighted by molar-refractivity contribution is 6.50. The van der Waals surface area contributed by atoms with Gasteiger partial charge < -0.3 is 17.3 Å². The molecular weight excluding hydrogens is 343 g/mol. The molecule has 0 aliphatic rings. The van der Waals surface area contributed by atoms with Gasteiger partial charge in [0.25, 0.3) is 0 Å². The van der Waals surface area contributed by atoms with Crippen LogP contribution in [-0.2, 0) is 11.1 Å². The number of hydrogen-bond acceptors (Lipinski definition) is 0. The molecule has 0 aliphatic carbocycles. The van der Waals surface area contributed by atoms with Gasteiger partial charge in [-0.05, 0) is 51.4 Å². The van der Waals surface area contributed by atoms with Gasteiger partial charge in [-0.25, -0.2) is 9.13 Å². The quantitative estimate of drug-likeness (QED) is 0.280. The summed E-state index contributed by atoms with van der Waals surface area (Å²) in [5.74, 6) is 1.44. The van der Waals surface area contributed by atoms with Gasteiger partial charge in [0.15, 0.2) is 0 Å². The van der Waals surface area contributed by atoms with Crippen LogP contribution in [0.2, 0.25) is 0 Å². The van der Waals surface area contributed by atoms with Gasteiger partial charge in [-0.3, -0.25) is 0 Å². The lowest BCUT2D eigenvalue weighted by atomic mass is 9.88. The van der Waals surface area contributed by atoms with E-state index in [1.807, 2.05) is 0 Å². The minimum Gasteiger partial charge on any atom is -0.418 e. The lowest BCUT2D eigenvalue weighted by molar-refractivity contribution is -0.763. The smallest absolute Gasteiger partial charge is 0.418 e. The maximum absolute atomic E-state index is 9.75. The molecule has 0 fully saturated rings. The molecule has 0 bridgehead atoms. The summed E-state index contributed by atoms with van der Waals surface area (Å²) in [6, 6.07) is 0. The summed E-state index contributed by atoms with van der Waals surface area (Å²) in [6.07, 6.45) is 11.7. The second kappa shape index (κ2) is 9.79. The summed E-state index contributed by atoms with van der Waals surface area (Å²) in [6.45, 7) is 18.7. The van der Waals surface area contributed by atoms with Crippen LogP contribution in [0.25, 0.3) is 0 Å². The molecule has 0 spiro atoms. The van der Waals surface area contributed by atoms with E-state index in [2.05, 4.69) is 83.2 Å². The number of nitrogens with zero attached hydrogens (tertiary/aromatic N) is 2. The molecular formula is C19H37BF4N2. The van der Waals surface area contributed by atoms with Crippen molar-refractivity contribution in [1.29, 1.82) is 0 Å². The lowest BCUT2D eigenvalue weighted by Crippen LogP contribution is -2.53. The highest BCUT2D eigenvalue weighted by Crippen LogP contribution is 2.29. The first kappa shape index (κ1) is 25.0. The van der Waals surface area contributed by atoms with Crippen LogP contribution in [0.4, 0.5) is 17.3 Å². The second-order valence-corrected chi connectivity index (χ2v) is 8.62. The van der Waals surface area contributed by atoms with E-state index in [1.54, 1.807) is 0 Å². The first-order valence-electron chi connectivity index (χ1n) is 9.64. The molecule has 0 aromatic carbocycles. The van der Waals surface area contributed by atoms with E-state index in [9.17, 15) is 17.3 Å². The molecule has 2 unspecified atom stereocenters. The lowest BCUT2D eigenvalue weighted by Gasteiger charge is -2.29. The largest absolute Gasteiger partial charge is 0.673 e. The molecule has 1 aromatic rings. The van der Waals surface area contributed by atoms with E-state index >= 15 is 0 Å². The zero-order valence-electron chi connectivity index (χ0n) is 17.7. The van der Waals surface area contributed by atoms with Gasteiger partial charge in [0.2, 0.25) is 6.33 Å². The van der Waals surface area contributed by atoms with E-state index in [0.717, 1.165) is 11.8 Å². The van der Waals surface area contributed by atoms with Gasteiger partial charge in [-0.1, -0.05) is 41.5 Å². The fourth-order valence-electron chi connectivity index (χ4n) is 3.62. The average molecular weight is 380 g/mol. The molecule has 1 aromatic heterocycles. The highest BCUT2D eigenvalue weighted by atomic mass is 19.5.